The van der Waals surface area contributed by atoms with Crippen molar-refractivity contribution in [3.8, 4) is 11.4 Å². The topological polar surface area (TPSA) is 71.0 Å². The molecule has 0 radical (unpaired) electrons. The molecule has 0 aromatic carbocycles. The number of pyridine rings is 1. The third-order valence-electron chi connectivity index (χ3n) is 3.52. The van der Waals surface area contributed by atoms with Gasteiger partial charge in [-0.1, -0.05) is 0 Å². The average molecular weight is 283 g/mol. The zero-order valence-electron chi connectivity index (χ0n) is 12.1. The van der Waals surface area contributed by atoms with E-state index in [2.05, 4.69) is 20.3 Å². The Morgan fingerprint density at radius 1 is 1.38 bits per heavy atom. The Labute approximate surface area is 123 Å². The Hall–Kier alpha value is -2.50. The Balaban J connectivity index is 1.87. The minimum Gasteiger partial charge on any atom is -0.358 e. The van der Waals surface area contributed by atoms with Crippen molar-refractivity contribution >= 4 is 11.7 Å². The molecule has 3 rings (SSSR count). The fourth-order valence-electron chi connectivity index (χ4n) is 2.40. The van der Waals surface area contributed by atoms with Gasteiger partial charge in [-0.2, -0.15) is 0 Å². The lowest BCUT2D eigenvalue weighted by Gasteiger charge is -2.14. The molecule has 0 spiro atoms. The number of carbonyl (C=O) groups excluding carboxylic acids is 1. The molecule has 3 heterocycles. The summed E-state index contributed by atoms with van der Waals surface area (Å²) in [4.78, 5) is 26.7. The van der Waals surface area contributed by atoms with Crippen LogP contribution in [0.3, 0.4) is 0 Å². The first-order valence-corrected chi connectivity index (χ1v) is 6.91. The van der Waals surface area contributed by atoms with Gasteiger partial charge in [-0.3, -0.25) is 9.78 Å². The molecule has 6 nitrogen and oxygen atoms in total. The van der Waals surface area contributed by atoms with E-state index in [0.29, 0.717) is 11.6 Å². The normalized spacial score (nSPS) is 18.1. The van der Waals surface area contributed by atoms with Gasteiger partial charge in [0.1, 0.15) is 11.9 Å². The van der Waals surface area contributed by atoms with Crippen molar-refractivity contribution in [1.82, 2.24) is 19.9 Å². The highest BCUT2D eigenvalue weighted by Crippen LogP contribution is 2.19. The first kappa shape index (κ1) is 13.5. The van der Waals surface area contributed by atoms with Gasteiger partial charge in [0, 0.05) is 43.3 Å². The molecule has 21 heavy (non-hydrogen) atoms. The van der Waals surface area contributed by atoms with Gasteiger partial charge < -0.3 is 10.2 Å². The SMILES string of the molecule is Cc1cc(NC2CCN(C)C2=O)nc(-c2cccnc2)n1. The van der Waals surface area contributed by atoms with Gasteiger partial charge in [-0.05, 0) is 25.5 Å². The second kappa shape index (κ2) is 5.47. The lowest BCUT2D eigenvalue weighted by molar-refractivity contribution is -0.127. The number of aryl methyl sites for hydroxylation is 1. The van der Waals surface area contributed by atoms with Gasteiger partial charge in [0.15, 0.2) is 5.82 Å². The molecule has 1 aliphatic heterocycles. The monoisotopic (exact) mass is 283 g/mol. The molecule has 0 aliphatic carbocycles. The van der Waals surface area contributed by atoms with E-state index < -0.39 is 0 Å². The molecule has 1 aliphatic rings. The molecule has 2 aromatic heterocycles. The molecule has 108 valence electrons. The Kier molecular flexibility index (Phi) is 3.51. The summed E-state index contributed by atoms with van der Waals surface area (Å²) in [5.41, 5.74) is 1.71. The smallest absolute Gasteiger partial charge is 0.244 e. The van der Waals surface area contributed by atoms with Gasteiger partial charge in [0.25, 0.3) is 0 Å². The summed E-state index contributed by atoms with van der Waals surface area (Å²) in [6.45, 7) is 2.69. The van der Waals surface area contributed by atoms with Crippen LogP contribution in [-0.4, -0.2) is 45.4 Å². The van der Waals surface area contributed by atoms with E-state index in [1.54, 1.807) is 17.3 Å². The molecular formula is C15H17N5O. The highest BCUT2D eigenvalue weighted by molar-refractivity contribution is 5.86. The number of anilines is 1. The Morgan fingerprint density at radius 2 is 2.24 bits per heavy atom. The molecule has 1 unspecified atom stereocenters. The number of aromatic nitrogens is 3. The number of hydrogen-bond acceptors (Lipinski definition) is 5. The number of amides is 1. The number of nitrogens with one attached hydrogen (secondary N) is 1. The standard InChI is InChI=1S/C15H17N5O/c1-10-8-13(18-12-5-7-20(2)15(12)21)19-14(17-10)11-4-3-6-16-9-11/h3-4,6,8-9,12H,5,7H2,1-2H3,(H,17,18,19). The molecule has 1 fully saturated rings. The largest absolute Gasteiger partial charge is 0.358 e. The van der Waals surface area contributed by atoms with E-state index in [-0.39, 0.29) is 11.9 Å². The summed E-state index contributed by atoms with van der Waals surface area (Å²) >= 11 is 0. The van der Waals surface area contributed by atoms with Crippen molar-refractivity contribution in [2.24, 2.45) is 0 Å². The van der Waals surface area contributed by atoms with Gasteiger partial charge in [-0.15, -0.1) is 0 Å². The van der Waals surface area contributed by atoms with Crippen molar-refractivity contribution in [3.05, 3.63) is 36.3 Å². The van der Waals surface area contributed by atoms with E-state index >= 15 is 0 Å². The van der Waals surface area contributed by atoms with Crippen LogP contribution in [0.25, 0.3) is 11.4 Å². The van der Waals surface area contributed by atoms with Crippen LogP contribution in [0.4, 0.5) is 5.82 Å². The van der Waals surface area contributed by atoms with Crippen LogP contribution in [-0.2, 0) is 4.79 Å². The molecule has 1 amide bonds. The fraction of sp³-hybridized carbons (Fsp3) is 0.333. The van der Waals surface area contributed by atoms with Crippen molar-refractivity contribution < 1.29 is 4.79 Å². The summed E-state index contributed by atoms with van der Waals surface area (Å²) < 4.78 is 0. The Morgan fingerprint density at radius 3 is 2.90 bits per heavy atom. The van der Waals surface area contributed by atoms with E-state index in [9.17, 15) is 4.79 Å². The third kappa shape index (κ3) is 2.84. The second-order valence-corrected chi connectivity index (χ2v) is 5.21. The van der Waals surface area contributed by atoms with Gasteiger partial charge in [-0.25, -0.2) is 9.97 Å². The quantitative estimate of drug-likeness (QED) is 0.924. The maximum Gasteiger partial charge on any atom is 0.244 e. The minimum absolute atomic E-state index is 0.106. The van der Waals surface area contributed by atoms with Crippen LogP contribution in [0.2, 0.25) is 0 Å². The van der Waals surface area contributed by atoms with Crippen LogP contribution in [0.5, 0.6) is 0 Å². The zero-order chi connectivity index (χ0) is 14.8. The maximum absolute atomic E-state index is 12.0. The molecule has 1 atom stereocenters. The van der Waals surface area contributed by atoms with Crippen LogP contribution in [0, 0.1) is 6.92 Å². The summed E-state index contributed by atoms with van der Waals surface area (Å²) in [5, 5.41) is 3.21. The molecule has 2 aromatic rings. The number of carbonyl (C=O) groups is 1. The van der Waals surface area contributed by atoms with E-state index in [1.165, 1.54) is 0 Å². The van der Waals surface area contributed by atoms with Gasteiger partial charge in [0.05, 0.1) is 0 Å². The van der Waals surface area contributed by atoms with Crippen molar-refractivity contribution in [2.75, 3.05) is 18.9 Å². The van der Waals surface area contributed by atoms with E-state index in [0.717, 1.165) is 24.2 Å². The zero-order valence-corrected chi connectivity index (χ0v) is 12.1. The van der Waals surface area contributed by atoms with E-state index in [1.807, 2.05) is 32.2 Å². The minimum atomic E-state index is -0.203. The number of nitrogens with zero attached hydrogens (tertiary/aromatic N) is 4. The van der Waals surface area contributed by atoms with Crippen LogP contribution >= 0.6 is 0 Å². The van der Waals surface area contributed by atoms with Crippen molar-refractivity contribution in [2.45, 2.75) is 19.4 Å². The summed E-state index contributed by atoms with van der Waals surface area (Å²) in [6, 6.07) is 5.42. The number of hydrogen-bond donors (Lipinski definition) is 1. The Bertz CT molecular complexity index is 658. The van der Waals surface area contributed by atoms with Gasteiger partial charge in [0.2, 0.25) is 5.91 Å². The van der Waals surface area contributed by atoms with Crippen LogP contribution in [0.1, 0.15) is 12.1 Å². The molecule has 6 heteroatoms. The third-order valence-corrected chi connectivity index (χ3v) is 3.52. The number of likely N-dealkylation sites (N-methyl/N-ethyl adjacent to an activating group) is 1. The van der Waals surface area contributed by atoms with Crippen molar-refractivity contribution in [1.29, 1.82) is 0 Å². The van der Waals surface area contributed by atoms with Crippen molar-refractivity contribution in [3.63, 3.8) is 0 Å². The fourth-order valence-corrected chi connectivity index (χ4v) is 2.40. The molecule has 1 saturated heterocycles. The highest BCUT2D eigenvalue weighted by atomic mass is 16.2. The predicted molar refractivity (Wildman–Crippen MR) is 79.7 cm³/mol. The number of rotatable bonds is 3. The molecular weight excluding hydrogens is 266 g/mol. The van der Waals surface area contributed by atoms with E-state index in [4.69, 9.17) is 0 Å². The summed E-state index contributed by atoms with van der Waals surface area (Å²) in [6.07, 6.45) is 4.24. The lowest BCUT2D eigenvalue weighted by atomic mass is 10.2. The van der Waals surface area contributed by atoms with Crippen LogP contribution in [0.15, 0.2) is 30.6 Å². The van der Waals surface area contributed by atoms with Crippen LogP contribution < -0.4 is 5.32 Å². The molecule has 1 N–H and O–H groups in total. The predicted octanol–water partition coefficient (Wildman–Crippen LogP) is 1.49. The number of likely N-dealkylation sites (tertiary alicyclic amines) is 1. The molecule has 0 saturated carbocycles. The van der Waals surface area contributed by atoms with Gasteiger partial charge >= 0.3 is 0 Å². The summed E-state index contributed by atoms with van der Waals surface area (Å²) in [5.74, 6) is 1.40. The lowest BCUT2D eigenvalue weighted by Crippen LogP contribution is -2.31. The molecule has 0 bridgehead atoms. The highest BCUT2D eigenvalue weighted by Gasteiger charge is 2.29. The average Bonchev–Trinajstić information content (AvgIpc) is 2.80. The maximum atomic E-state index is 12.0. The first-order valence-electron chi connectivity index (χ1n) is 6.91. The first-order chi connectivity index (χ1) is 10.1. The summed E-state index contributed by atoms with van der Waals surface area (Å²) in [7, 11) is 1.82. The second-order valence-electron chi connectivity index (χ2n) is 5.21.